The Kier molecular flexibility index (Phi) is 12.5. The Morgan fingerprint density at radius 1 is 0.920 bits per heavy atom. The van der Waals surface area contributed by atoms with E-state index in [1.54, 1.807) is 16.9 Å². The maximum atomic E-state index is 13.8. The summed E-state index contributed by atoms with van der Waals surface area (Å²) in [5, 5.41) is 0. The van der Waals surface area contributed by atoms with Crippen molar-refractivity contribution in [3.8, 4) is 17.2 Å². The SMILES string of the molecule is COCCCN1C(=O)C(COC2CN(C(=O)OC(C)(C)C)CCC2c2ccc(OCCCOc3c(F)cccc3F)cc2)Oc2ccccc21. The van der Waals surface area contributed by atoms with Crippen molar-refractivity contribution >= 4 is 17.7 Å². The highest BCUT2D eigenvalue weighted by Crippen LogP contribution is 2.36. The third-order valence-corrected chi connectivity index (χ3v) is 8.40. The summed E-state index contributed by atoms with van der Waals surface area (Å²) >= 11 is 0. The van der Waals surface area contributed by atoms with Gasteiger partial charge in [0.1, 0.15) is 17.1 Å². The summed E-state index contributed by atoms with van der Waals surface area (Å²) in [6.07, 6.45) is -0.0297. The van der Waals surface area contributed by atoms with Crippen LogP contribution in [0.2, 0.25) is 0 Å². The average molecular weight is 697 g/mol. The normalized spacial score (nSPS) is 19.1. The van der Waals surface area contributed by atoms with Gasteiger partial charge in [-0.15, -0.1) is 0 Å². The van der Waals surface area contributed by atoms with Crippen LogP contribution in [0.5, 0.6) is 17.2 Å². The molecular formula is C38H46F2N2O8. The molecule has 12 heteroatoms. The van der Waals surface area contributed by atoms with E-state index >= 15 is 0 Å². The zero-order chi connectivity index (χ0) is 35.7. The second-order valence-electron chi connectivity index (χ2n) is 13.3. The van der Waals surface area contributed by atoms with E-state index in [0.29, 0.717) is 56.1 Å². The summed E-state index contributed by atoms with van der Waals surface area (Å²) in [4.78, 5) is 30.1. The standard InChI is InChI=1S/C38H46F2N2O8/c1-38(2,3)50-37(44)41-20-18-28(26-14-16-27(17-15-26)46-22-9-23-47-35-29(39)10-7-11-30(35)40)33(24-41)48-25-34-36(43)42(19-8-21-45-4)31-12-5-6-13-32(31)49-34/h5-7,10-17,28,33-34H,8-9,18-25H2,1-4H3. The number of hydrogen-bond acceptors (Lipinski definition) is 8. The van der Waals surface area contributed by atoms with Crippen LogP contribution in [0.1, 0.15) is 51.5 Å². The Hall–Kier alpha value is -4.42. The Balaban J connectivity index is 1.23. The van der Waals surface area contributed by atoms with Crippen LogP contribution in [-0.2, 0) is 19.0 Å². The fourth-order valence-corrected chi connectivity index (χ4v) is 6.00. The summed E-state index contributed by atoms with van der Waals surface area (Å²) in [7, 11) is 1.63. The van der Waals surface area contributed by atoms with Crippen molar-refractivity contribution in [2.75, 3.05) is 58.1 Å². The van der Waals surface area contributed by atoms with Crippen LogP contribution >= 0.6 is 0 Å². The number of amides is 2. The van der Waals surface area contributed by atoms with Crippen molar-refractivity contribution in [3.05, 3.63) is 83.9 Å². The first-order valence-corrected chi connectivity index (χ1v) is 17.0. The zero-order valence-corrected chi connectivity index (χ0v) is 29.1. The van der Waals surface area contributed by atoms with E-state index in [1.807, 2.05) is 69.3 Å². The van der Waals surface area contributed by atoms with Gasteiger partial charge >= 0.3 is 6.09 Å². The van der Waals surface area contributed by atoms with Crippen LogP contribution in [0.3, 0.4) is 0 Å². The first kappa shape index (κ1) is 36.9. The van der Waals surface area contributed by atoms with E-state index in [-0.39, 0.29) is 38.2 Å². The molecule has 270 valence electrons. The van der Waals surface area contributed by atoms with Crippen molar-refractivity contribution in [3.63, 3.8) is 0 Å². The number of methoxy groups -OCH3 is 1. The minimum Gasteiger partial charge on any atom is -0.493 e. The summed E-state index contributed by atoms with van der Waals surface area (Å²) in [5.74, 6) is -0.932. The van der Waals surface area contributed by atoms with Crippen LogP contribution in [-0.4, -0.2) is 87.9 Å². The molecule has 2 amide bonds. The molecular weight excluding hydrogens is 650 g/mol. The molecule has 0 aromatic heterocycles. The number of halogens is 2. The molecule has 3 unspecified atom stereocenters. The number of rotatable bonds is 14. The van der Waals surface area contributed by atoms with E-state index in [9.17, 15) is 18.4 Å². The molecule has 3 atom stereocenters. The third kappa shape index (κ3) is 9.63. The van der Waals surface area contributed by atoms with E-state index < -0.39 is 41.3 Å². The second-order valence-corrected chi connectivity index (χ2v) is 13.3. The number of hydrogen-bond donors (Lipinski definition) is 0. The smallest absolute Gasteiger partial charge is 0.410 e. The van der Waals surface area contributed by atoms with Crippen LogP contribution in [0.4, 0.5) is 19.3 Å². The fraction of sp³-hybridized carbons (Fsp3) is 0.474. The second kappa shape index (κ2) is 17.0. The fourth-order valence-electron chi connectivity index (χ4n) is 6.00. The molecule has 0 saturated carbocycles. The van der Waals surface area contributed by atoms with Gasteiger partial charge in [0.2, 0.25) is 6.10 Å². The Labute approximate surface area is 292 Å². The first-order chi connectivity index (χ1) is 24.0. The molecule has 5 rings (SSSR count). The van der Waals surface area contributed by atoms with Gasteiger partial charge in [-0.3, -0.25) is 4.79 Å². The number of para-hydroxylation sites is 3. The topological polar surface area (TPSA) is 96.0 Å². The zero-order valence-electron chi connectivity index (χ0n) is 29.1. The van der Waals surface area contributed by atoms with E-state index in [2.05, 4.69) is 0 Å². The highest BCUT2D eigenvalue weighted by Gasteiger charge is 2.39. The summed E-state index contributed by atoms with van der Waals surface area (Å²) in [5.41, 5.74) is 1.06. The molecule has 2 heterocycles. The molecule has 1 saturated heterocycles. The van der Waals surface area contributed by atoms with Gasteiger partial charge in [-0.1, -0.05) is 30.3 Å². The van der Waals surface area contributed by atoms with Gasteiger partial charge in [-0.2, -0.15) is 0 Å². The first-order valence-electron chi connectivity index (χ1n) is 17.0. The molecule has 0 N–H and O–H groups in total. The van der Waals surface area contributed by atoms with Gasteiger partial charge in [-0.25, -0.2) is 13.6 Å². The van der Waals surface area contributed by atoms with Gasteiger partial charge in [0.25, 0.3) is 5.91 Å². The molecule has 2 aliphatic heterocycles. The Morgan fingerprint density at radius 2 is 1.64 bits per heavy atom. The molecule has 50 heavy (non-hydrogen) atoms. The lowest BCUT2D eigenvalue weighted by molar-refractivity contribution is -0.131. The van der Waals surface area contributed by atoms with Crippen LogP contribution in [0, 0.1) is 11.6 Å². The number of carbonyl (C=O) groups excluding carboxylic acids is 2. The largest absolute Gasteiger partial charge is 0.493 e. The van der Waals surface area contributed by atoms with Crippen LogP contribution in [0.15, 0.2) is 66.7 Å². The average Bonchev–Trinajstić information content (AvgIpc) is 3.09. The minimum atomic E-state index is -0.861. The van der Waals surface area contributed by atoms with Gasteiger partial charge in [-0.05, 0) is 75.6 Å². The summed E-state index contributed by atoms with van der Waals surface area (Å²) in [6.45, 7) is 7.60. The minimum absolute atomic E-state index is 0.00266. The number of benzene rings is 3. The quantitative estimate of drug-likeness (QED) is 0.171. The lowest BCUT2D eigenvalue weighted by atomic mass is 9.87. The van der Waals surface area contributed by atoms with E-state index in [1.165, 1.54) is 6.07 Å². The molecule has 3 aromatic rings. The number of likely N-dealkylation sites (tertiary alicyclic amines) is 1. The molecule has 3 aromatic carbocycles. The van der Waals surface area contributed by atoms with E-state index in [4.69, 9.17) is 28.4 Å². The van der Waals surface area contributed by atoms with Gasteiger partial charge < -0.3 is 38.2 Å². The predicted molar refractivity (Wildman–Crippen MR) is 183 cm³/mol. The van der Waals surface area contributed by atoms with Crippen molar-refractivity contribution < 1.29 is 46.8 Å². The molecule has 0 radical (unpaired) electrons. The van der Waals surface area contributed by atoms with Gasteiger partial charge in [0, 0.05) is 39.1 Å². The van der Waals surface area contributed by atoms with Gasteiger partial charge in [0.05, 0.1) is 38.2 Å². The highest BCUT2D eigenvalue weighted by atomic mass is 19.1. The van der Waals surface area contributed by atoms with Crippen molar-refractivity contribution in [1.29, 1.82) is 0 Å². The lowest BCUT2D eigenvalue weighted by Crippen LogP contribution is -2.52. The summed E-state index contributed by atoms with van der Waals surface area (Å²) in [6, 6.07) is 18.6. The number of ether oxygens (including phenoxy) is 6. The van der Waals surface area contributed by atoms with Crippen LogP contribution < -0.4 is 19.1 Å². The molecule has 1 fully saturated rings. The Morgan fingerprint density at radius 3 is 2.36 bits per heavy atom. The number of anilines is 1. The number of piperidine rings is 1. The van der Waals surface area contributed by atoms with Crippen LogP contribution in [0.25, 0.3) is 0 Å². The maximum Gasteiger partial charge on any atom is 0.410 e. The molecule has 10 nitrogen and oxygen atoms in total. The van der Waals surface area contributed by atoms with E-state index in [0.717, 1.165) is 17.7 Å². The van der Waals surface area contributed by atoms with Crippen molar-refractivity contribution in [2.45, 2.75) is 63.8 Å². The molecule has 0 spiro atoms. The molecule has 0 bridgehead atoms. The predicted octanol–water partition coefficient (Wildman–Crippen LogP) is 6.75. The lowest BCUT2D eigenvalue weighted by Gasteiger charge is -2.40. The number of nitrogens with zero attached hydrogens (tertiary/aromatic N) is 2. The third-order valence-electron chi connectivity index (χ3n) is 8.40. The Bertz CT molecular complexity index is 1560. The molecule has 0 aliphatic carbocycles. The molecule has 2 aliphatic rings. The number of carbonyl (C=O) groups is 2. The van der Waals surface area contributed by atoms with Crippen molar-refractivity contribution in [1.82, 2.24) is 4.90 Å². The van der Waals surface area contributed by atoms with Crippen molar-refractivity contribution in [2.24, 2.45) is 0 Å². The number of fused-ring (bicyclic) bond motifs is 1. The highest BCUT2D eigenvalue weighted by molar-refractivity contribution is 6.00. The maximum absolute atomic E-state index is 13.8. The summed E-state index contributed by atoms with van der Waals surface area (Å²) < 4.78 is 62.2. The monoisotopic (exact) mass is 696 g/mol. The van der Waals surface area contributed by atoms with Gasteiger partial charge in [0.15, 0.2) is 17.4 Å².